The Kier molecular flexibility index (Phi) is 5.47. The van der Waals surface area contributed by atoms with E-state index < -0.39 is 12.8 Å². The molecule has 0 bridgehead atoms. The van der Waals surface area contributed by atoms with Crippen molar-refractivity contribution in [1.29, 1.82) is 0 Å². The van der Waals surface area contributed by atoms with Crippen LogP contribution in [0.25, 0.3) is 0 Å². The number of nitrogens with two attached hydrogens (primary N) is 1. The Labute approximate surface area is 122 Å². The average molecular weight is 302 g/mol. The number of fused-ring (bicyclic) bond motifs is 1. The molecule has 0 saturated carbocycles. The Bertz CT molecular complexity index is 451. The Morgan fingerprint density at radius 2 is 2.05 bits per heavy atom. The van der Waals surface area contributed by atoms with Crippen LogP contribution in [-0.4, -0.2) is 39.0 Å². The molecule has 0 saturated heterocycles. The minimum Gasteiger partial charge on any atom is -0.372 e. The minimum atomic E-state index is -4.24. The molecule has 118 valence electrons. The van der Waals surface area contributed by atoms with Gasteiger partial charge in [0.25, 0.3) is 0 Å². The van der Waals surface area contributed by atoms with E-state index in [-0.39, 0.29) is 6.61 Å². The van der Waals surface area contributed by atoms with E-state index in [4.69, 9.17) is 5.73 Å². The molecule has 1 aliphatic rings. The fraction of sp³-hybridized carbons (Fsp3) is 0.600. The molecule has 3 nitrogen and oxygen atoms in total. The maximum absolute atomic E-state index is 12.0. The number of alkyl halides is 3. The predicted octanol–water partition coefficient (Wildman–Crippen LogP) is 2.91. The summed E-state index contributed by atoms with van der Waals surface area (Å²) in [5, 5.41) is 0. The zero-order valence-electron chi connectivity index (χ0n) is 11.9. The van der Waals surface area contributed by atoms with Crippen LogP contribution in [0.1, 0.15) is 24.3 Å². The highest BCUT2D eigenvalue weighted by molar-refractivity contribution is 5.60. The van der Waals surface area contributed by atoms with Gasteiger partial charge in [-0.25, -0.2) is 0 Å². The average Bonchev–Trinajstić information content (AvgIpc) is 2.77. The molecule has 0 spiro atoms. The lowest BCUT2D eigenvalue weighted by Gasteiger charge is -2.20. The normalized spacial score (nSPS) is 18.1. The Balaban J connectivity index is 1.82. The molecule has 1 aliphatic heterocycles. The molecule has 6 heteroatoms. The number of nitrogens with zero attached hydrogens (tertiary/aromatic N) is 1. The van der Waals surface area contributed by atoms with Gasteiger partial charge in [0.2, 0.25) is 0 Å². The summed E-state index contributed by atoms with van der Waals surface area (Å²) in [6.45, 7) is 1.19. The molecule has 0 amide bonds. The van der Waals surface area contributed by atoms with Gasteiger partial charge >= 0.3 is 6.18 Å². The molecule has 0 radical (unpaired) electrons. The van der Waals surface area contributed by atoms with Gasteiger partial charge in [-0.3, -0.25) is 0 Å². The lowest BCUT2D eigenvalue weighted by Crippen LogP contribution is -2.25. The van der Waals surface area contributed by atoms with Crippen molar-refractivity contribution in [2.45, 2.75) is 24.9 Å². The zero-order valence-corrected chi connectivity index (χ0v) is 11.9. The molecule has 21 heavy (non-hydrogen) atoms. The first-order valence-corrected chi connectivity index (χ1v) is 7.19. The fourth-order valence-electron chi connectivity index (χ4n) is 2.79. The van der Waals surface area contributed by atoms with Crippen molar-refractivity contribution in [1.82, 2.24) is 0 Å². The maximum Gasteiger partial charge on any atom is 0.411 e. The molecule has 1 unspecified atom stereocenters. The molecular formula is C15H21F3N2O. The van der Waals surface area contributed by atoms with E-state index in [9.17, 15) is 13.2 Å². The van der Waals surface area contributed by atoms with Crippen LogP contribution in [0.15, 0.2) is 24.3 Å². The Hall–Kier alpha value is -1.27. The van der Waals surface area contributed by atoms with Crippen molar-refractivity contribution in [3.05, 3.63) is 29.8 Å². The van der Waals surface area contributed by atoms with Gasteiger partial charge in [-0.2, -0.15) is 13.2 Å². The van der Waals surface area contributed by atoms with E-state index >= 15 is 0 Å². The van der Waals surface area contributed by atoms with Gasteiger partial charge in [0.1, 0.15) is 6.61 Å². The van der Waals surface area contributed by atoms with Crippen LogP contribution in [0.3, 0.4) is 0 Å². The molecule has 0 aromatic heterocycles. The summed E-state index contributed by atoms with van der Waals surface area (Å²) in [7, 11) is 0. The topological polar surface area (TPSA) is 38.5 Å². The second kappa shape index (κ2) is 7.13. The quantitative estimate of drug-likeness (QED) is 0.787. The standard InChI is InChI=1S/C15H21F3N2O/c16-15(17,18)11-21-9-3-8-20-10-12(6-7-19)13-4-1-2-5-14(13)20/h1-2,4-5,12H,3,6-11,19H2. The highest BCUT2D eigenvalue weighted by atomic mass is 19.4. The summed E-state index contributed by atoms with van der Waals surface area (Å²) < 4.78 is 40.6. The summed E-state index contributed by atoms with van der Waals surface area (Å²) >= 11 is 0. The van der Waals surface area contributed by atoms with E-state index in [0.717, 1.165) is 13.0 Å². The molecule has 1 aromatic rings. The monoisotopic (exact) mass is 302 g/mol. The van der Waals surface area contributed by atoms with Crippen LogP contribution in [-0.2, 0) is 4.74 Å². The van der Waals surface area contributed by atoms with Crippen molar-refractivity contribution < 1.29 is 17.9 Å². The first-order chi connectivity index (χ1) is 10.0. The lowest BCUT2D eigenvalue weighted by atomic mass is 9.98. The summed E-state index contributed by atoms with van der Waals surface area (Å²) in [5.41, 5.74) is 8.11. The van der Waals surface area contributed by atoms with E-state index in [0.29, 0.717) is 25.4 Å². The van der Waals surface area contributed by atoms with Crippen LogP contribution in [0.2, 0.25) is 0 Å². The van der Waals surface area contributed by atoms with Gasteiger partial charge in [0.15, 0.2) is 0 Å². The Morgan fingerprint density at radius 1 is 1.29 bits per heavy atom. The van der Waals surface area contributed by atoms with Crippen LogP contribution >= 0.6 is 0 Å². The molecule has 2 rings (SSSR count). The Morgan fingerprint density at radius 3 is 2.76 bits per heavy atom. The minimum absolute atomic E-state index is 0.125. The van der Waals surface area contributed by atoms with E-state index in [2.05, 4.69) is 21.8 Å². The van der Waals surface area contributed by atoms with Crippen molar-refractivity contribution in [2.24, 2.45) is 5.73 Å². The number of hydrogen-bond acceptors (Lipinski definition) is 3. The SMILES string of the molecule is NCCC1CN(CCCOCC(F)(F)F)c2ccccc21. The molecule has 1 heterocycles. The first kappa shape index (κ1) is 16.1. The van der Waals surface area contributed by atoms with Crippen LogP contribution in [0, 0.1) is 0 Å². The molecule has 2 N–H and O–H groups in total. The fourth-order valence-corrected chi connectivity index (χ4v) is 2.79. The largest absolute Gasteiger partial charge is 0.411 e. The van der Waals surface area contributed by atoms with Gasteiger partial charge in [-0.05, 0) is 31.0 Å². The number of hydrogen-bond donors (Lipinski definition) is 1. The molecular weight excluding hydrogens is 281 g/mol. The third-order valence-corrected chi connectivity index (χ3v) is 3.66. The van der Waals surface area contributed by atoms with Gasteiger partial charge in [0.05, 0.1) is 0 Å². The van der Waals surface area contributed by atoms with Crippen molar-refractivity contribution in [3.8, 4) is 0 Å². The molecule has 1 aromatic carbocycles. The number of ether oxygens (including phenoxy) is 1. The van der Waals surface area contributed by atoms with Crippen LogP contribution in [0.5, 0.6) is 0 Å². The van der Waals surface area contributed by atoms with Gasteiger partial charge < -0.3 is 15.4 Å². The van der Waals surface area contributed by atoms with Crippen molar-refractivity contribution in [3.63, 3.8) is 0 Å². The van der Waals surface area contributed by atoms with Gasteiger partial charge in [0, 0.05) is 31.3 Å². The number of para-hydroxylation sites is 1. The van der Waals surface area contributed by atoms with Crippen LogP contribution in [0.4, 0.5) is 18.9 Å². The summed E-state index contributed by atoms with van der Waals surface area (Å²) in [6, 6.07) is 8.16. The van der Waals surface area contributed by atoms with E-state index in [1.54, 1.807) is 0 Å². The van der Waals surface area contributed by atoms with Crippen molar-refractivity contribution >= 4 is 5.69 Å². The number of rotatable bonds is 7. The van der Waals surface area contributed by atoms with Gasteiger partial charge in [-0.1, -0.05) is 18.2 Å². The lowest BCUT2D eigenvalue weighted by molar-refractivity contribution is -0.173. The van der Waals surface area contributed by atoms with Gasteiger partial charge in [-0.15, -0.1) is 0 Å². The smallest absolute Gasteiger partial charge is 0.372 e. The number of anilines is 1. The second-order valence-corrected chi connectivity index (χ2v) is 5.30. The predicted molar refractivity (Wildman–Crippen MR) is 76.6 cm³/mol. The van der Waals surface area contributed by atoms with Crippen molar-refractivity contribution in [2.75, 3.05) is 37.7 Å². The number of benzene rings is 1. The third-order valence-electron chi connectivity index (χ3n) is 3.66. The first-order valence-electron chi connectivity index (χ1n) is 7.19. The zero-order chi connectivity index (χ0) is 15.3. The van der Waals surface area contributed by atoms with E-state index in [1.807, 2.05) is 12.1 Å². The second-order valence-electron chi connectivity index (χ2n) is 5.30. The summed E-state index contributed by atoms with van der Waals surface area (Å²) in [6.07, 6.45) is -2.73. The summed E-state index contributed by atoms with van der Waals surface area (Å²) in [4.78, 5) is 2.21. The molecule has 0 fully saturated rings. The van der Waals surface area contributed by atoms with Crippen LogP contribution < -0.4 is 10.6 Å². The molecule has 0 aliphatic carbocycles. The maximum atomic E-state index is 12.0. The number of halogens is 3. The third kappa shape index (κ3) is 4.61. The highest BCUT2D eigenvalue weighted by Crippen LogP contribution is 2.37. The van der Waals surface area contributed by atoms with E-state index in [1.165, 1.54) is 11.3 Å². The highest BCUT2D eigenvalue weighted by Gasteiger charge is 2.28. The summed E-state index contributed by atoms with van der Waals surface area (Å²) in [5.74, 6) is 0.419. The molecule has 1 atom stereocenters.